The van der Waals surface area contributed by atoms with Crippen LogP contribution in [0.1, 0.15) is 31.9 Å². The lowest BCUT2D eigenvalue weighted by molar-refractivity contribution is -0.385. The number of nitro groups is 1. The second kappa shape index (κ2) is 9.82. The zero-order valence-corrected chi connectivity index (χ0v) is 17.6. The molecule has 0 saturated carbocycles. The van der Waals surface area contributed by atoms with Crippen LogP contribution in [0.4, 0.5) is 5.69 Å². The number of hydrogen-bond donors (Lipinski definition) is 1. The van der Waals surface area contributed by atoms with Crippen LogP contribution in [0.2, 0.25) is 0 Å². The molecular weight excluding hydrogens is 416 g/mol. The van der Waals surface area contributed by atoms with E-state index in [0.717, 1.165) is 4.57 Å². The van der Waals surface area contributed by atoms with E-state index in [1.807, 2.05) is 0 Å². The van der Waals surface area contributed by atoms with Gasteiger partial charge in [-0.1, -0.05) is 30.3 Å². The van der Waals surface area contributed by atoms with E-state index in [2.05, 4.69) is 10.3 Å². The molecule has 3 aromatic rings. The van der Waals surface area contributed by atoms with Crippen LogP contribution in [0.5, 0.6) is 0 Å². The lowest BCUT2D eigenvalue weighted by atomic mass is 10.0. The molecule has 0 aliphatic heterocycles. The van der Waals surface area contributed by atoms with Crippen molar-refractivity contribution < 1.29 is 19.2 Å². The number of nitrogens with one attached hydrogen (secondary N) is 1. The summed E-state index contributed by atoms with van der Waals surface area (Å²) in [7, 11) is 0. The fraction of sp³-hybridized carbons (Fsp3) is 0.273. The van der Waals surface area contributed by atoms with Gasteiger partial charge in [-0.05, 0) is 26.0 Å². The molecule has 0 bridgehead atoms. The van der Waals surface area contributed by atoms with Crippen molar-refractivity contribution in [2.24, 2.45) is 0 Å². The van der Waals surface area contributed by atoms with Crippen LogP contribution in [0, 0.1) is 10.1 Å². The highest BCUT2D eigenvalue weighted by Gasteiger charge is 2.26. The molecule has 1 heterocycles. The summed E-state index contributed by atoms with van der Waals surface area (Å²) in [4.78, 5) is 52.7. The number of benzene rings is 2. The molecule has 10 heteroatoms. The maximum Gasteiger partial charge on any atom is 0.308 e. The van der Waals surface area contributed by atoms with Gasteiger partial charge in [0, 0.05) is 6.07 Å². The number of fused-ring (bicyclic) bond motifs is 1. The normalized spacial score (nSPS) is 11.8. The minimum atomic E-state index is -1.01. The first-order valence-corrected chi connectivity index (χ1v) is 9.92. The Labute approximate surface area is 183 Å². The number of para-hydroxylation sites is 2. The SMILES string of the molecule is CC(C)OC(=O)CC(NC(=O)Cn1cnc2ccccc2c1=O)c1ccccc1[N+](=O)[O-]. The zero-order chi connectivity index (χ0) is 23.3. The average molecular weight is 438 g/mol. The maximum atomic E-state index is 12.7. The quantitative estimate of drug-likeness (QED) is 0.324. The number of carbonyl (C=O) groups is 2. The van der Waals surface area contributed by atoms with Crippen molar-refractivity contribution in [2.45, 2.75) is 39.0 Å². The van der Waals surface area contributed by atoms with Gasteiger partial charge in [0.15, 0.2) is 0 Å². The Hall–Kier alpha value is -4.08. The van der Waals surface area contributed by atoms with Gasteiger partial charge in [0.1, 0.15) is 6.54 Å². The Bertz CT molecular complexity index is 1220. The molecule has 1 N–H and O–H groups in total. The smallest absolute Gasteiger partial charge is 0.308 e. The average Bonchev–Trinajstić information content (AvgIpc) is 2.75. The van der Waals surface area contributed by atoms with Crippen LogP contribution in [0.3, 0.4) is 0 Å². The number of amides is 1. The monoisotopic (exact) mass is 438 g/mol. The number of esters is 1. The molecular formula is C22H22N4O6. The van der Waals surface area contributed by atoms with E-state index in [-0.39, 0.29) is 30.3 Å². The molecule has 0 aliphatic rings. The van der Waals surface area contributed by atoms with E-state index >= 15 is 0 Å². The summed E-state index contributed by atoms with van der Waals surface area (Å²) >= 11 is 0. The van der Waals surface area contributed by atoms with Gasteiger partial charge < -0.3 is 10.1 Å². The van der Waals surface area contributed by atoms with Gasteiger partial charge in [-0.2, -0.15) is 0 Å². The third-order valence-electron chi connectivity index (χ3n) is 4.63. The van der Waals surface area contributed by atoms with E-state index in [0.29, 0.717) is 10.9 Å². The lowest BCUT2D eigenvalue weighted by Gasteiger charge is -2.19. The lowest BCUT2D eigenvalue weighted by Crippen LogP contribution is -2.36. The fourth-order valence-corrected chi connectivity index (χ4v) is 3.28. The van der Waals surface area contributed by atoms with Crippen molar-refractivity contribution in [3.63, 3.8) is 0 Å². The highest BCUT2D eigenvalue weighted by Crippen LogP contribution is 2.27. The summed E-state index contributed by atoms with van der Waals surface area (Å²) in [5.74, 6) is -1.22. The predicted molar refractivity (Wildman–Crippen MR) is 116 cm³/mol. The largest absolute Gasteiger partial charge is 0.463 e. The molecule has 0 fully saturated rings. The summed E-state index contributed by atoms with van der Waals surface area (Å²) in [5.41, 5.74) is 0.0332. The Morgan fingerprint density at radius 3 is 2.56 bits per heavy atom. The second-order valence-electron chi connectivity index (χ2n) is 7.37. The summed E-state index contributed by atoms with van der Waals surface area (Å²) in [6, 6.07) is 11.6. The molecule has 2 aromatic carbocycles. The predicted octanol–water partition coefficient (Wildman–Crippen LogP) is 2.50. The third-order valence-corrected chi connectivity index (χ3v) is 4.63. The van der Waals surface area contributed by atoms with Gasteiger partial charge in [0.25, 0.3) is 11.2 Å². The Kier molecular flexibility index (Phi) is 6.93. The van der Waals surface area contributed by atoms with Gasteiger partial charge in [-0.25, -0.2) is 4.98 Å². The minimum Gasteiger partial charge on any atom is -0.463 e. The van der Waals surface area contributed by atoms with Crippen LogP contribution >= 0.6 is 0 Å². The van der Waals surface area contributed by atoms with E-state index < -0.39 is 28.4 Å². The zero-order valence-electron chi connectivity index (χ0n) is 17.6. The van der Waals surface area contributed by atoms with Crippen LogP contribution < -0.4 is 10.9 Å². The molecule has 3 rings (SSSR count). The summed E-state index contributed by atoms with van der Waals surface area (Å²) < 4.78 is 6.28. The van der Waals surface area contributed by atoms with Gasteiger partial charge in [0.05, 0.1) is 46.3 Å². The highest BCUT2D eigenvalue weighted by molar-refractivity contribution is 5.80. The molecule has 0 spiro atoms. The van der Waals surface area contributed by atoms with Crippen LogP contribution in [-0.4, -0.2) is 32.5 Å². The minimum absolute atomic E-state index is 0.163. The highest BCUT2D eigenvalue weighted by atomic mass is 16.6. The topological polar surface area (TPSA) is 133 Å². The molecule has 1 amide bonds. The second-order valence-corrected chi connectivity index (χ2v) is 7.37. The summed E-state index contributed by atoms with van der Waals surface area (Å²) in [6.45, 7) is 2.98. The molecule has 1 unspecified atom stereocenters. The molecule has 1 aromatic heterocycles. The van der Waals surface area contributed by atoms with Gasteiger partial charge >= 0.3 is 5.97 Å². The number of ether oxygens (including phenoxy) is 1. The maximum absolute atomic E-state index is 12.7. The van der Waals surface area contributed by atoms with E-state index in [1.165, 1.54) is 24.5 Å². The molecule has 1 atom stereocenters. The van der Waals surface area contributed by atoms with E-state index in [9.17, 15) is 24.5 Å². The molecule has 0 saturated heterocycles. The molecule has 0 radical (unpaired) electrons. The number of nitro benzene ring substituents is 1. The fourth-order valence-electron chi connectivity index (χ4n) is 3.28. The molecule has 32 heavy (non-hydrogen) atoms. The van der Waals surface area contributed by atoms with Gasteiger partial charge in [0.2, 0.25) is 5.91 Å². The van der Waals surface area contributed by atoms with Crippen LogP contribution in [-0.2, 0) is 20.9 Å². The third kappa shape index (κ3) is 5.34. The first-order chi connectivity index (χ1) is 15.3. The van der Waals surface area contributed by atoms with Crippen molar-refractivity contribution >= 4 is 28.5 Å². The number of hydrogen-bond acceptors (Lipinski definition) is 7. The molecule has 0 aliphatic carbocycles. The number of carbonyl (C=O) groups excluding carboxylic acids is 2. The van der Waals surface area contributed by atoms with E-state index in [4.69, 9.17) is 4.74 Å². The Morgan fingerprint density at radius 2 is 1.84 bits per heavy atom. The first-order valence-electron chi connectivity index (χ1n) is 9.92. The molecule has 10 nitrogen and oxygen atoms in total. The standard InChI is InChI=1S/C22H22N4O6/c1-14(2)32-21(28)11-18(15-7-4-6-10-19(15)26(30)31)24-20(27)12-25-13-23-17-9-5-3-8-16(17)22(25)29/h3-10,13-14,18H,11-12H2,1-2H3,(H,24,27). The van der Waals surface area contributed by atoms with Gasteiger partial charge in [-0.3, -0.25) is 29.1 Å². The van der Waals surface area contributed by atoms with Crippen molar-refractivity contribution in [1.82, 2.24) is 14.9 Å². The van der Waals surface area contributed by atoms with Crippen molar-refractivity contribution in [2.75, 3.05) is 0 Å². The number of aromatic nitrogens is 2. The van der Waals surface area contributed by atoms with Crippen LogP contribution in [0.25, 0.3) is 10.9 Å². The first kappa shape index (κ1) is 22.6. The molecule has 166 valence electrons. The van der Waals surface area contributed by atoms with Crippen molar-refractivity contribution in [1.29, 1.82) is 0 Å². The summed E-state index contributed by atoms with van der Waals surface area (Å²) in [5, 5.41) is 14.4. The Morgan fingerprint density at radius 1 is 1.16 bits per heavy atom. The van der Waals surface area contributed by atoms with E-state index in [1.54, 1.807) is 44.2 Å². The summed E-state index contributed by atoms with van der Waals surface area (Å²) in [6.07, 6.45) is 0.573. The number of rotatable bonds is 8. The van der Waals surface area contributed by atoms with Crippen LogP contribution in [0.15, 0.2) is 59.7 Å². The van der Waals surface area contributed by atoms with Crippen molar-refractivity contribution in [3.8, 4) is 0 Å². The van der Waals surface area contributed by atoms with Crippen molar-refractivity contribution in [3.05, 3.63) is 80.9 Å². The number of nitrogens with zero attached hydrogens (tertiary/aromatic N) is 3. The van der Waals surface area contributed by atoms with Gasteiger partial charge in [-0.15, -0.1) is 0 Å². The Balaban J connectivity index is 1.87.